The first-order chi connectivity index (χ1) is 13.7. The summed E-state index contributed by atoms with van der Waals surface area (Å²) in [5, 5.41) is 15.7. The Kier molecular flexibility index (Phi) is 10.3. The van der Waals surface area contributed by atoms with Crippen LogP contribution in [0.25, 0.3) is 5.65 Å². The van der Waals surface area contributed by atoms with Gasteiger partial charge in [0, 0.05) is 53.6 Å². The highest BCUT2D eigenvalue weighted by molar-refractivity contribution is 14.0. The highest BCUT2D eigenvalue weighted by Crippen LogP contribution is 2.23. The summed E-state index contributed by atoms with van der Waals surface area (Å²) >= 11 is 0. The van der Waals surface area contributed by atoms with Gasteiger partial charge < -0.3 is 10.6 Å². The minimum Gasteiger partial charge on any atom is -0.357 e. The molecule has 1 aliphatic rings. The Bertz CT molecular complexity index is 811. The van der Waals surface area contributed by atoms with Crippen LogP contribution in [-0.4, -0.2) is 54.9 Å². The number of aliphatic imine (C=N–C) groups is 1. The third kappa shape index (κ3) is 6.91. The van der Waals surface area contributed by atoms with Crippen molar-refractivity contribution in [2.75, 3.05) is 18.8 Å². The maximum atomic E-state index is 12.2. The lowest BCUT2D eigenvalue weighted by atomic mass is 9.95. The Labute approximate surface area is 193 Å². The van der Waals surface area contributed by atoms with E-state index in [9.17, 15) is 4.21 Å². The Morgan fingerprint density at radius 2 is 2.17 bits per heavy atom. The fraction of sp³-hybridized carbons (Fsp3) is 0.650. The van der Waals surface area contributed by atoms with Crippen molar-refractivity contribution in [3.8, 4) is 0 Å². The first kappa shape index (κ1) is 24.0. The molecule has 0 saturated heterocycles. The van der Waals surface area contributed by atoms with Gasteiger partial charge in [0.25, 0.3) is 0 Å². The van der Waals surface area contributed by atoms with E-state index < -0.39 is 10.8 Å². The summed E-state index contributed by atoms with van der Waals surface area (Å²) in [5.74, 6) is 2.59. The summed E-state index contributed by atoms with van der Waals surface area (Å²) in [6.07, 6.45) is 8.06. The molecule has 0 spiro atoms. The number of nitrogens with zero attached hydrogens (tertiary/aromatic N) is 4. The van der Waals surface area contributed by atoms with Crippen LogP contribution in [0.2, 0.25) is 0 Å². The molecule has 1 saturated carbocycles. The van der Waals surface area contributed by atoms with Crippen LogP contribution in [0.4, 0.5) is 0 Å². The highest BCUT2D eigenvalue weighted by atomic mass is 127. The average molecular weight is 532 g/mol. The van der Waals surface area contributed by atoms with E-state index in [2.05, 4.69) is 27.8 Å². The lowest BCUT2D eigenvalue weighted by Crippen LogP contribution is -2.46. The zero-order valence-electron chi connectivity index (χ0n) is 17.3. The summed E-state index contributed by atoms with van der Waals surface area (Å²) < 4.78 is 14.2. The molecule has 0 radical (unpaired) electrons. The molecule has 3 rings (SSSR count). The van der Waals surface area contributed by atoms with E-state index in [4.69, 9.17) is 4.99 Å². The predicted octanol–water partition coefficient (Wildman–Crippen LogP) is 2.91. The molecule has 2 N–H and O–H groups in total. The Hall–Kier alpha value is -1.23. The highest BCUT2D eigenvalue weighted by Gasteiger charge is 2.26. The molecule has 0 bridgehead atoms. The van der Waals surface area contributed by atoms with Gasteiger partial charge in [-0.05, 0) is 44.7 Å². The van der Waals surface area contributed by atoms with E-state index in [-0.39, 0.29) is 24.0 Å². The molecular weight excluding hydrogens is 499 g/mol. The van der Waals surface area contributed by atoms with Crippen molar-refractivity contribution < 1.29 is 4.21 Å². The minimum atomic E-state index is -0.704. The zero-order valence-corrected chi connectivity index (χ0v) is 20.5. The van der Waals surface area contributed by atoms with Gasteiger partial charge in [-0.3, -0.25) is 13.6 Å². The van der Waals surface area contributed by atoms with Crippen LogP contribution in [0.15, 0.2) is 29.4 Å². The molecule has 7 nitrogen and oxygen atoms in total. The molecule has 3 unspecified atom stereocenters. The van der Waals surface area contributed by atoms with E-state index in [1.165, 1.54) is 0 Å². The average Bonchev–Trinajstić information content (AvgIpc) is 3.14. The molecule has 29 heavy (non-hydrogen) atoms. The van der Waals surface area contributed by atoms with Crippen LogP contribution >= 0.6 is 24.0 Å². The first-order valence-electron chi connectivity index (χ1n) is 10.4. The molecule has 0 aliphatic heterocycles. The van der Waals surface area contributed by atoms with E-state index in [0.717, 1.165) is 74.8 Å². The number of aromatic nitrogens is 3. The maximum absolute atomic E-state index is 12.2. The SMILES string of the molecule is CCNC(=NCCCc1nnc2ccccn12)NC1CCCC(S(=O)CC)C1.I. The fourth-order valence-corrected chi connectivity index (χ4v) is 5.10. The quantitative estimate of drug-likeness (QED) is 0.237. The molecular formula is C20H33IN6OS. The molecule has 0 amide bonds. The normalized spacial score (nSPS) is 20.8. The second-order valence-corrected chi connectivity index (χ2v) is 9.21. The number of nitrogens with one attached hydrogen (secondary N) is 2. The van der Waals surface area contributed by atoms with Crippen LogP contribution in [0, 0.1) is 0 Å². The molecule has 9 heteroatoms. The predicted molar refractivity (Wildman–Crippen MR) is 131 cm³/mol. The number of guanidine groups is 1. The number of halogens is 1. The van der Waals surface area contributed by atoms with Crippen molar-refractivity contribution in [1.82, 2.24) is 25.2 Å². The summed E-state index contributed by atoms with van der Waals surface area (Å²) in [4.78, 5) is 4.74. The van der Waals surface area contributed by atoms with Gasteiger partial charge >= 0.3 is 0 Å². The molecule has 1 fully saturated rings. The molecule has 3 atom stereocenters. The largest absolute Gasteiger partial charge is 0.357 e. The van der Waals surface area contributed by atoms with Crippen molar-refractivity contribution in [3.63, 3.8) is 0 Å². The number of rotatable bonds is 8. The summed E-state index contributed by atoms with van der Waals surface area (Å²) in [5.41, 5.74) is 0.882. The van der Waals surface area contributed by atoms with Crippen LogP contribution < -0.4 is 10.6 Å². The third-order valence-corrected chi connectivity index (χ3v) is 6.92. The van der Waals surface area contributed by atoms with E-state index >= 15 is 0 Å². The fourth-order valence-electron chi connectivity index (χ4n) is 3.75. The second kappa shape index (κ2) is 12.5. The van der Waals surface area contributed by atoms with Crippen molar-refractivity contribution >= 4 is 46.4 Å². The van der Waals surface area contributed by atoms with Crippen LogP contribution in [0.3, 0.4) is 0 Å². The first-order valence-corrected chi connectivity index (χ1v) is 11.8. The van der Waals surface area contributed by atoms with Gasteiger partial charge in [0.1, 0.15) is 5.82 Å². The van der Waals surface area contributed by atoms with E-state index in [1.54, 1.807) is 0 Å². The number of hydrogen-bond acceptors (Lipinski definition) is 4. The maximum Gasteiger partial charge on any atom is 0.191 e. The Morgan fingerprint density at radius 3 is 2.97 bits per heavy atom. The number of pyridine rings is 1. The van der Waals surface area contributed by atoms with E-state index in [1.807, 2.05) is 35.7 Å². The minimum absolute atomic E-state index is 0. The Balaban J connectivity index is 0.00000300. The molecule has 1 aliphatic carbocycles. The summed E-state index contributed by atoms with van der Waals surface area (Å²) in [6, 6.07) is 6.28. The smallest absolute Gasteiger partial charge is 0.191 e. The van der Waals surface area contributed by atoms with Gasteiger partial charge in [0.15, 0.2) is 11.6 Å². The Morgan fingerprint density at radius 1 is 1.31 bits per heavy atom. The standard InChI is InChI=1S/C20H32N6OS.HI/c1-3-21-20(23-16-9-7-10-17(15-16)28(27)4-2)22-13-8-12-19-25-24-18-11-5-6-14-26(18)19;/h5-6,11,14,16-17H,3-4,7-10,12-13,15H2,1-2H3,(H2,21,22,23);1H. The molecule has 2 heterocycles. The second-order valence-electron chi connectivity index (χ2n) is 7.21. The lowest BCUT2D eigenvalue weighted by molar-refractivity contribution is 0.413. The summed E-state index contributed by atoms with van der Waals surface area (Å²) in [7, 11) is -0.704. The lowest BCUT2D eigenvalue weighted by Gasteiger charge is -2.30. The van der Waals surface area contributed by atoms with Crippen molar-refractivity contribution in [3.05, 3.63) is 30.2 Å². The monoisotopic (exact) mass is 532 g/mol. The number of hydrogen-bond donors (Lipinski definition) is 2. The number of fused-ring (bicyclic) bond motifs is 1. The van der Waals surface area contributed by atoms with Gasteiger partial charge in [-0.15, -0.1) is 34.2 Å². The van der Waals surface area contributed by atoms with Crippen LogP contribution in [0.5, 0.6) is 0 Å². The van der Waals surface area contributed by atoms with Crippen LogP contribution in [0.1, 0.15) is 51.8 Å². The zero-order chi connectivity index (χ0) is 19.8. The van der Waals surface area contributed by atoms with Gasteiger partial charge in [-0.25, -0.2) is 0 Å². The van der Waals surface area contributed by atoms with Gasteiger partial charge in [-0.1, -0.05) is 19.4 Å². The molecule has 0 aromatic carbocycles. The van der Waals surface area contributed by atoms with E-state index in [0.29, 0.717) is 11.3 Å². The van der Waals surface area contributed by atoms with Crippen molar-refractivity contribution in [2.45, 2.75) is 63.7 Å². The topological polar surface area (TPSA) is 83.7 Å². The molecule has 2 aromatic heterocycles. The van der Waals surface area contributed by atoms with Crippen molar-refractivity contribution in [1.29, 1.82) is 0 Å². The van der Waals surface area contributed by atoms with Gasteiger partial charge in [0.2, 0.25) is 0 Å². The third-order valence-electron chi connectivity index (χ3n) is 5.18. The van der Waals surface area contributed by atoms with Gasteiger partial charge in [-0.2, -0.15) is 0 Å². The molecule has 162 valence electrons. The van der Waals surface area contributed by atoms with Gasteiger partial charge in [0.05, 0.1) is 0 Å². The summed E-state index contributed by atoms with van der Waals surface area (Å²) in [6.45, 7) is 5.65. The van der Waals surface area contributed by atoms with Crippen molar-refractivity contribution in [2.24, 2.45) is 4.99 Å². The van der Waals surface area contributed by atoms with Crippen LogP contribution in [-0.2, 0) is 17.2 Å². The number of aryl methyl sites for hydroxylation is 1. The molecule has 2 aromatic rings.